The Morgan fingerprint density at radius 1 is 0.923 bits per heavy atom. The Morgan fingerprint density at radius 2 is 1.65 bits per heavy atom. The zero-order valence-electron chi connectivity index (χ0n) is 17.6. The fraction of sp³-hybridized carbons (Fsp3) is 0.875. The molecule has 2 heteroatoms. The van der Waals surface area contributed by atoms with Crippen LogP contribution in [0.3, 0.4) is 0 Å². The van der Waals surface area contributed by atoms with Gasteiger partial charge in [0.2, 0.25) is 0 Å². The number of ether oxygens (including phenoxy) is 1. The molecule has 2 nitrogen and oxygen atoms in total. The maximum absolute atomic E-state index is 11.3. The van der Waals surface area contributed by atoms with Crippen LogP contribution in [0.5, 0.6) is 0 Å². The minimum atomic E-state index is -0.0288. The van der Waals surface area contributed by atoms with E-state index < -0.39 is 0 Å². The summed E-state index contributed by atoms with van der Waals surface area (Å²) in [7, 11) is 0. The first-order valence-electron chi connectivity index (χ1n) is 11.6. The molecule has 152 valence electrons. The molecule has 0 aromatic rings. The van der Waals surface area contributed by atoms with Crippen LogP contribution in [-0.2, 0) is 9.53 Å². The molecule has 0 N–H and O–H groups in total. The standard InChI is InChI=1S/C24H44O2/c1-3-5-6-7-8-9-10-13-17-22-19-16-20-23(22)18-14-11-12-15-21-24(25)26-4-2/h13,17,22-23H,3-12,14-16,18-21H2,1-2H3/t22-,23-/m0/s1. The second-order valence-electron chi connectivity index (χ2n) is 8.10. The van der Waals surface area contributed by atoms with E-state index in [0.29, 0.717) is 13.0 Å². The molecular weight excluding hydrogens is 320 g/mol. The van der Waals surface area contributed by atoms with Gasteiger partial charge in [0.05, 0.1) is 6.61 Å². The fourth-order valence-corrected chi connectivity index (χ4v) is 4.25. The van der Waals surface area contributed by atoms with Crippen LogP contribution in [0.2, 0.25) is 0 Å². The number of esters is 1. The van der Waals surface area contributed by atoms with Crippen LogP contribution in [0, 0.1) is 11.8 Å². The molecule has 0 bridgehead atoms. The highest BCUT2D eigenvalue weighted by atomic mass is 16.5. The van der Waals surface area contributed by atoms with Gasteiger partial charge in [0.15, 0.2) is 0 Å². The Kier molecular flexibility index (Phi) is 14.7. The van der Waals surface area contributed by atoms with E-state index in [9.17, 15) is 4.79 Å². The van der Waals surface area contributed by atoms with Gasteiger partial charge in [-0.3, -0.25) is 4.79 Å². The highest BCUT2D eigenvalue weighted by Gasteiger charge is 2.24. The van der Waals surface area contributed by atoms with Crippen molar-refractivity contribution in [2.24, 2.45) is 11.8 Å². The van der Waals surface area contributed by atoms with Crippen molar-refractivity contribution in [1.82, 2.24) is 0 Å². The van der Waals surface area contributed by atoms with Crippen molar-refractivity contribution in [1.29, 1.82) is 0 Å². The Hall–Kier alpha value is -0.790. The summed E-state index contributed by atoms with van der Waals surface area (Å²) in [5.41, 5.74) is 0. The minimum absolute atomic E-state index is 0.0288. The summed E-state index contributed by atoms with van der Waals surface area (Å²) < 4.78 is 4.98. The van der Waals surface area contributed by atoms with Gasteiger partial charge in [0.25, 0.3) is 0 Å². The van der Waals surface area contributed by atoms with E-state index in [2.05, 4.69) is 19.1 Å². The lowest BCUT2D eigenvalue weighted by Gasteiger charge is -2.16. The second-order valence-corrected chi connectivity index (χ2v) is 8.10. The molecule has 1 rings (SSSR count). The highest BCUT2D eigenvalue weighted by molar-refractivity contribution is 5.69. The van der Waals surface area contributed by atoms with E-state index in [1.54, 1.807) is 0 Å². The largest absolute Gasteiger partial charge is 0.466 e. The third kappa shape index (κ3) is 11.8. The van der Waals surface area contributed by atoms with Crippen molar-refractivity contribution in [3.05, 3.63) is 12.2 Å². The summed E-state index contributed by atoms with van der Waals surface area (Å²) in [4.78, 5) is 11.3. The molecular formula is C24H44O2. The van der Waals surface area contributed by atoms with Gasteiger partial charge < -0.3 is 4.74 Å². The van der Waals surface area contributed by atoms with Gasteiger partial charge in [-0.05, 0) is 57.3 Å². The van der Waals surface area contributed by atoms with Gasteiger partial charge in [0.1, 0.15) is 0 Å². The van der Waals surface area contributed by atoms with Crippen molar-refractivity contribution < 1.29 is 9.53 Å². The average molecular weight is 365 g/mol. The van der Waals surface area contributed by atoms with E-state index in [1.807, 2.05) is 6.92 Å². The van der Waals surface area contributed by atoms with E-state index in [0.717, 1.165) is 18.3 Å². The van der Waals surface area contributed by atoms with Crippen molar-refractivity contribution in [2.75, 3.05) is 6.61 Å². The lowest BCUT2D eigenvalue weighted by Crippen LogP contribution is -2.05. The number of hydrogen-bond acceptors (Lipinski definition) is 2. The molecule has 0 radical (unpaired) electrons. The second kappa shape index (κ2) is 16.4. The first-order valence-corrected chi connectivity index (χ1v) is 11.6. The van der Waals surface area contributed by atoms with Gasteiger partial charge in [-0.15, -0.1) is 0 Å². The quantitative estimate of drug-likeness (QED) is 0.160. The van der Waals surface area contributed by atoms with Crippen LogP contribution in [-0.4, -0.2) is 12.6 Å². The Labute approximate surface area is 163 Å². The summed E-state index contributed by atoms with van der Waals surface area (Å²) in [5, 5.41) is 0. The number of rotatable bonds is 16. The number of unbranched alkanes of at least 4 members (excludes halogenated alkanes) is 9. The predicted octanol–water partition coefficient (Wildman–Crippen LogP) is 7.61. The molecule has 1 saturated carbocycles. The zero-order chi connectivity index (χ0) is 18.9. The van der Waals surface area contributed by atoms with Crippen LogP contribution in [0.15, 0.2) is 12.2 Å². The predicted molar refractivity (Wildman–Crippen MR) is 112 cm³/mol. The summed E-state index contributed by atoms with van der Waals surface area (Å²) in [5.74, 6) is 1.73. The van der Waals surface area contributed by atoms with Gasteiger partial charge in [0, 0.05) is 6.42 Å². The number of allylic oxidation sites excluding steroid dienone is 2. The molecule has 1 aliphatic carbocycles. The zero-order valence-corrected chi connectivity index (χ0v) is 17.6. The van der Waals surface area contributed by atoms with Crippen molar-refractivity contribution >= 4 is 5.97 Å². The molecule has 2 atom stereocenters. The van der Waals surface area contributed by atoms with Gasteiger partial charge in [-0.2, -0.15) is 0 Å². The Balaban J connectivity index is 2.02. The Morgan fingerprint density at radius 3 is 2.46 bits per heavy atom. The van der Waals surface area contributed by atoms with Crippen molar-refractivity contribution in [3.63, 3.8) is 0 Å². The SMILES string of the molecule is CCCCCCCCC=C[C@H]1CCC[C@@H]1CCCCCCC(=O)OCC. The maximum Gasteiger partial charge on any atom is 0.305 e. The van der Waals surface area contributed by atoms with Crippen LogP contribution in [0.4, 0.5) is 0 Å². The van der Waals surface area contributed by atoms with Crippen LogP contribution in [0.1, 0.15) is 117 Å². The molecule has 0 aliphatic heterocycles. The number of carbonyl (C=O) groups is 1. The fourth-order valence-electron chi connectivity index (χ4n) is 4.25. The van der Waals surface area contributed by atoms with E-state index >= 15 is 0 Å². The average Bonchev–Trinajstić information content (AvgIpc) is 3.08. The van der Waals surface area contributed by atoms with Crippen LogP contribution >= 0.6 is 0 Å². The molecule has 0 unspecified atom stereocenters. The summed E-state index contributed by atoms with van der Waals surface area (Å²) >= 11 is 0. The summed E-state index contributed by atoms with van der Waals surface area (Å²) in [6.07, 6.45) is 25.7. The van der Waals surface area contributed by atoms with Gasteiger partial charge in [-0.25, -0.2) is 0 Å². The van der Waals surface area contributed by atoms with Gasteiger partial charge in [-0.1, -0.05) is 76.9 Å². The molecule has 0 aromatic carbocycles. The van der Waals surface area contributed by atoms with E-state index in [1.165, 1.54) is 89.9 Å². The smallest absolute Gasteiger partial charge is 0.305 e. The molecule has 0 aromatic heterocycles. The van der Waals surface area contributed by atoms with Crippen molar-refractivity contribution in [3.8, 4) is 0 Å². The lowest BCUT2D eigenvalue weighted by atomic mass is 9.90. The lowest BCUT2D eigenvalue weighted by molar-refractivity contribution is -0.143. The molecule has 0 heterocycles. The van der Waals surface area contributed by atoms with E-state index in [-0.39, 0.29) is 5.97 Å². The first kappa shape index (κ1) is 23.2. The van der Waals surface area contributed by atoms with Gasteiger partial charge >= 0.3 is 5.97 Å². The summed E-state index contributed by atoms with van der Waals surface area (Å²) in [6, 6.07) is 0. The monoisotopic (exact) mass is 364 g/mol. The third-order valence-corrected chi connectivity index (χ3v) is 5.84. The Bertz CT molecular complexity index is 361. The normalized spacial score (nSPS) is 20.1. The number of carbonyl (C=O) groups excluding carboxylic acids is 1. The molecule has 0 amide bonds. The van der Waals surface area contributed by atoms with Crippen LogP contribution < -0.4 is 0 Å². The van der Waals surface area contributed by atoms with E-state index in [4.69, 9.17) is 4.74 Å². The topological polar surface area (TPSA) is 26.3 Å². The third-order valence-electron chi connectivity index (χ3n) is 5.84. The molecule has 1 aliphatic rings. The molecule has 0 saturated heterocycles. The molecule has 1 fully saturated rings. The maximum atomic E-state index is 11.3. The minimum Gasteiger partial charge on any atom is -0.466 e. The number of hydrogen-bond donors (Lipinski definition) is 0. The first-order chi connectivity index (χ1) is 12.8. The highest BCUT2D eigenvalue weighted by Crippen LogP contribution is 2.36. The van der Waals surface area contributed by atoms with Crippen LogP contribution in [0.25, 0.3) is 0 Å². The molecule has 0 spiro atoms. The molecule has 26 heavy (non-hydrogen) atoms. The summed E-state index contributed by atoms with van der Waals surface area (Å²) in [6.45, 7) is 4.66. The van der Waals surface area contributed by atoms with Crippen molar-refractivity contribution in [2.45, 2.75) is 117 Å².